The van der Waals surface area contributed by atoms with E-state index in [0.717, 1.165) is 42.9 Å². The molecular formula is C30H39N11O2. The number of aromatic nitrogens is 6. The molecule has 3 aliphatic rings. The second kappa shape index (κ2) is 11.0. The van der Waals surface area contributed by atoms with Gasteiger partial charge >= 0.3 is 0 Å². The van der Waals surface area contributed by atoms with Crippen molar-refractivity contribution in [2.45, 2.75) is 45.3 Å². The first-order valence-corrected chi connectivity index (χ1v) is 15.2. The second-order valence-electron chi connectivity index (χ2n) is 12.4. The van der Waals surface area contributed by atoms with E-state index in [1.54, 1.807) is 6.20 Å². The van der Waals surface area contributed by atoms with E-state index in [4.69, 9.17) is 29.7 Å². The average molecular weight is 586 g/mol. The van der Waals surface area contributed by atoms with Gasteiger partial charge in [0.1, 0.15) is 22.8 Å². The molecule has 3 N–H and O–H groups in total. The number of hydrogen-bond donors (Lipinski definition) is 3. The first-order chi connectivity index (χ1) is 20.8. The van der Waals surface area contributed by atoms with E-state index in [2.05, 4.69) is 46.0 Å². The van der Waals surface area contributed by atoms with Crippen LogP contribution in [-0.2, 0) is 11.8 Å². The predicted octanol–water partition coefficient (Wildman–Crippen LogP) is 2.09. The number of ether oxygens (including phenoxy) is 1. The van der Waals surface area contributed by atoms with Crippen molar-refractivity contribution < 1.29 is 9.53 Å². The van der Waals surface area contributed by atoms with E-state index in [0.29, 0.717) is 53.1 Å². The quantitative estimate of drug-likeness (QED) is 0.294. The molecule has 0 bridgehead atoms. The average Bonchev–Trinajstić information content (AvgIpc) is 3.51. The van der Waals surface area contributed by atoms with E-state index >= 15 is 0 Å². The van der Waals surface area contributed by atoms with Gasteiger partial charge in [0.25, 0.3) is 11.5 Å². The van der Waals surface area contributed by atoms with Crippen molar-refractivity contribution in [1.82, 2.24) is 44.8 Å². The van der Waals surface area contributed by atoms with Crippen LogP contribution >= 0.6 is 0 Å². The molecule has 0 saturated carbocycles. The number of allylic oxidation sites excluding steroid dienone is 1. The highest BCUT2D eigenvalue weighted by Crippen LogP contribution is 2.29. The highest BCUT2D eigenvalue weighted by Gasteiger charge is 2.31. The van der Waals surface area contributed by atoms with Gasteiger partial charge in [0.15, 0.2) is 5.65 Å². The van der Waals surface area contributed by atoms with E-state index in [1.807, 2.05) is 30.1 Å². The molecule has 4 aromatic rings. The van der Waals surface area contributed by atoms with Crippen molar-refractivity contribution in [3.05, 3.63) is 35.2 Å². The molecule has 0 aliphatic carbocycles. The number of carbonyl (C=O) groups is 1. The van der Waals surface area contributed by atoms with E-state index in [9.17, 15) is 4.79 Å². The minimum Gasteiger partial charge on any atom is -0.379 e. The molecule has 0 radical (unpaired) electrons. The monoisotopic (exact) mass is 585 g/mol. The van der Waals surface area contributed by atoms with E-state index < -0.39 is 0 Å². The number of carbonyl (C=O) groups excluding carboxylic acids is 1. The molecule has 13 nitrogen and oxygen atoms in total. The Labute approximate surface area is 249 Å². The zero-order chi connectivity index (χ0) is 29.7. The Morgan fingerprint density at radius 1 is 1.21 bits per heavy atom. The number of H-pyrrole nitrogens is 2. The van der Waals surface area contributed by atoms with Crippen LogP contribution < -0.4 is 10.9 Å². The molecule has 7 rings (SSSR count). The summed E-state index contributed by atoms with van der Waals surface area (Å²) in [4.78, 5) is 45.3. The van der Waals surface area contributed by atoms with Crippen molar-refractivity contribution in [2.75, 3.05) is 45.9 Å². The molecule has 13 heteroatoms. The minimum absolute atomic E-state index is 0.00251. The molecule has 2 atom stereocenters. The predicted molar refractivity (Wildman–Crippen MR) is 165 cm³/mol. The molecule has 0 aromatic carbocycles. The van der Waals surface area contributed by atoms with Gasteiger partial charge in [0.2, 0.25) is 0 Å². The van der Waals surface area contributed by atoms with Crippen LogP contribution in [0.4, 0.5) is 0 Å². The van der Waals surface area contributed by atoms with Gasteiger partial charge in [0.05, 0.1) is 35.4 Å². The summed E-state index contributed by atoms with van der Waals surface area (Å²) in [6, 6.07) is 1.83. The number of aryl methyl sites for hydroxylation is 1. The Morgan fingerprint density at radius 2 is 2.05 bits per heavy atom. The lowest BCUT2D eigenvalue weighted by Crippen LogP contribution is -2.46. The Kier molecular flexibility index (Phi) is 7.10. The lowest BCUT2D eigenvalue weighted by Gasteiger charge is -2.36. The third-order valence-corrected chi connectivity index (χ3v) is 9.15. The van der Waals surface area contributed by atoms with Crippen molar-refractivity contribution in [1.29, 1.82) is 0 Å². The Bertz CT molecular complexity index is 1820. The van der Waals surface area contributed by atoms with Gasteiger partial charge in [-0.1, -0.05) is 6.92 Å². The number of aliphatic imine (C=N–C) groups is 1. The number of fused-ring (bicyclic) bond motifs is 2. The standard InChI is InChI=1S/C30H39N11O2/c1-18-20(6-8-31-26(18)40-12-14-43-15-13-40)35-29-36-24-22-25(38-39(4)27(22)37-29)34-21-16-19(17-33-23(21)24)28(42)32-9-11-41-10-5-7-30(41,2)3/h6,8,16-18,26,34,38H,5,7,9-15H2,1-4H3,(H,32,42). The maximum absolute atomic E-state index is 13.1. The van der Waals surface area contributed by atoms with Gasteiger partial charge in [-0.25, -0.2) is 9.98 Å². The second-order valence-corrected chi connectivity index (χ2v) is 12.4. The number of dihydropyridines is 1. The Morgan fingerprint density at radius 3 is 2.84 bits per heavy atom. The number of morpholine rings is 1. The van der Waals surface area contributed by atoms with Crippen LogP contribution in [-0.4, -0.2) is 109 Å². The summed E-state index contributed by atoms with van der Waals surface area (Å²) >= 11 is 0. The van der Waals surface area contributed by atoms with E-state index in [1.165, 1.54) is 12.8 Å². The topological polar surface area (TPSA) is 145 Å². The van der Waals surface area contributed by atoms with Crippen molar-refractivity contribution in [3.8, 4) is 0 Å². The number of hydrogen-bond acceptors (Lipinski definition) is 9. The SMILES string of the molecule is CC1C(N=c2nc3c4ncc(C(=O)NCCN5CCCC5(C)C)cc4[nH]c4[nH]n(C)c(n2)c43)=CC=NC1N1CCOCC1. The molecule has 43 heavy (non-hydrogen) atoms. The van der Waals surface area contributed by atoms with Gasteiger partial charge in [-0.15, -0.1) is 0 Å². The molecule has 4 aromatic heterocycles. The Balaban J connectivity index is 1.20. The summed E-state index contributed by atoms with van der Waals surface area (Å²) in [5.41, 5.74) is 5.43. The first-order valence-electron chi connectivity index (χ1n) is 15.2. The summed E-state index contributed by atoms with van der Waals surface area (Å²) in [5.74, 6) is -0.0749. The minimum atomic E-state index is -0.143. The third-order valence-electron chi connectivity index (χ3n) is 9.15. The van der Waals surface area contributed by atoms with Crippen LogP contribution in [0.3, 0.4) is 0 Å². The molecule has 226 valence electrons. The van der Waals surface area contributed by atoms with Crippen LogP contribution in [0.1, 0.15) is 44.0 Å². The third kappa shape index (κ3) is 5.15. The molecule has 0 spiro atoms. The van der Waals surface area contributed by atoms with Crippen molar-refractivity contribution >= 4 is 45.4 Å². The number of aromatic amines is 2. The lowest BCUT2D eigenvalue weighted by molar-refractivity contribution is 0.00979. The zero-order valence-corrected chi connectivity index (χ0v) is 25.2. The first kappa shape index (κ1) is 27.9. The number of nitrogens with zero attached hydrogens (tertiary/aromatic N) is 8. The molecule has 7 heterocycles. The molecule has 2 fully saturated rings. The molecule has 2 unspecified atom stereocenters. The number of amides is 1. The van der Waals surface area contributed by atoms with Crippen LogP contribution in [0.2, 0.25) is 0 Å². The zero-order valence-electron chi connectivity index (χ0n) is 25.2. The largest absolute Gasteiger partial charge is 0.379 e. The van der Waals surface area contributed by atoms with Gasteiger partial charge in [-0.05, 0) is 45.4 Å². The fourth-order valence-electron chi connectivity index (χ4n) is 6.64. The summed E-state index contributed by atoms with van der Waals surface area (Å²) in [6.45, 7) is 12.3. The fraction of sp³-hybridized carbons (Fsp3) is 0.533. The lowest BCUT2D eigenvalue weighted by atomic mass is 10.0. The summed E-state index contributed by atoms with van der Waals surface area (Å²) < 4.78 is 7.38. The fourth-order valence-corrected chi connectivity index (χ4v) is 6.64. The molecule has 3 aliphatic heterocycles. The highest BCUT2D eigenvalue weighted by molar-refractivity contribution is 6.13. The van der Waals surface area contributed by atoms with E-state index in [-0.39, 0.29) is 23.5 Å². The van der Waals surface area contributed by atoms with Crippen LogP contribution in [0, 0.1) is 5.92 Å². The van der Waals surface area contributed by atoms with Crippen LogP contribution in [0.5, 0.6) is 0 Å². The summed E-state index contributed by atoms with van der Waals surface area (Å²) in [5, 5.41) is 7.23. The van der Waals surface area contributed by atoms with Crippen LogP contribution in [0.15, 0.2) is 34.0 Å². The van der Waals surface area contributed by atoms with Gasteiger partial charge in [-0.2, -0.15) is 4.98 Å². The molecular weight excluding hydrogens is 546 g/mol. The van der Waals surface area contributed by atoms with Crippen molar-refractivity contribution in [2.24, 2.45) is 23.0 Å². The van der Waals surface area contributed by atoms with Crippen molar-refractivity contribution in [3.63, 3.8) is 0 Å². The number of pyridine rings is 2. The van der Waals surface area contributed by atoms with Gasteiger partial charge < -0.3 is 15.0 Å². The number of rotatable bonds is 6. The van der Waals surface area contributed by atoms with Gasteiger partial charge in [0, 0.05) is 57.1 Å². The molecule has 2 saturated heterocycles. The highest BCUT2D eigenvalue weighted by atomic mass is 16.5. The number of nitrogens with one attached hydrogen (secondary N) is 3. The Hall–Kier alpha value is -3.94. The maximum atomic E-state index is 13.1. The maximum Gasteiger partial charge on any atom is 0.252 e. The summed E-state index contributed by atoms with van der Waals surface area (Å²) in [6.07, 6.45) is 7.77. The van der Waals surface area contributed by atoms with Crippen LogP contribution in [0.25, 0.3) is 33.2 Å². The normalized spacial score (nSPS) is 23.5. The van der Waals surface area contributed by atoms with Gasteiger partial charge in [-0.3, -0.25) is 34.4 Å². The number of likely N-dealkylation sites (tertiary alicyclic amines) is 1. The molecule has 1 amide bonds. The summed E-state index contributed by atoms with van der Waals surface area (Å²) in [7, 11) is 1.90. The smallest absolute Gasteiger partial charge is 0.252 e.